The molecule has 1 amide bonds. The Balaban J connectivity index is 1.97. The minimum absolute atomic E-state index is 0.0902. The van der Waals surface area contributed by atoms with E-state index in [9.17, 15) is 13.2 Å². The molecule has 0 bridgehead atoms. The molecule has 0 unspecified atom stereocenters. The Morgan fingerprint density at radius 2 is 2.16 bits per heavy atom. The summed E-state index contributed by atoms with van der Waals surface area (Å²) in [5.74, 6) is 0.455. The van der Waals surface area contributed by atoms with Gasteiger partial charge in [-0.1, -0.05) is 0 Å². The maximum Gasteiger partial charge on any atom is 0.407 e. The zero-order valence-corrected chi connectivity index (χ0v) is 12.5. The SMILES string of the molecule is CC(C)(C)OC(=O)NC[C@]12CNC[C@H]1CS(=O)(=O)C2. The summed E-state index contributed by atoms with van der Waals surface area (Å²) in [6, 6.07) is 0. The van der Waals surface area contributed by atoms with Crippen LogP contribution in [0.5, 0.6) is 0 Å². The Morgan fingerprint density at radius 1 is 1.47 bits per heavy atom. The molecule has 110 valence electrons. The standard InChI is InChI=1S/C12H22N2O4S/c1-11(2,3)18-10(15)14-7-12-6-13-4-9(12)5-19(16,17)8-12/h9,13H,4-8H2,1-3H3,(H,14,15)/t9-,12-/m0/s1. The molecule has 0 aliphatic carbocycles. The van der Waals surface area contributed by atoms with Crippen LogP contribution in [0.4, 0.5) is 4.79 Å². The van der Waals surface area contributed by atoms with Crippen LogP contribution in [0.2, 0.25) is 0 Å². The first kappa shape index (κ1) is 14.6. The summed E-state index contributed by atoms with van der Waals surface area (Å²) in [7, 11) is -2.98. The molecular formula is C12H22N2O4S. The molecule has 2 aliphatic heterocycles. The van der Waals surface area contributed by atoms with Gasteiger partial charge in [0.05, 0.1) is 11.5 Å². The van der Waals surface area contributed by atoms with Gasteiger partial charge in [-0.25, -0.2) is 13.2 Å². The number of hydrogen-bond donors (Lipinski definition) is 2. The van der Waals surface area contributed by atoms with Crippen molar-refractivity contribution in [2.24, 2.45) is 11.3 Å². The fourth-order valence-electron chi connectivity index (χ4n) is 2.88. The summed E-state index contributed by atoms with van der Waals surface area (Å²) in [6.07, 6.45) is -0.489. The highest BCUT2D eigenvalue weighted by Gasteiger charge is 2.53. The second kappa shape index (κ2) is 4.63. The summed E-state index contributed by atoms with van der Waals surface area (Å²) in [5.41, 5.74) is -0.910. The number of nitrogens with one attached hydrogen (secondary N) is 2. The van der Waals surface area contributed by atoms with Gasteiger partial charge in [0, 0.05) is 18.5 Å². The summed E-state index contributed by atoms with van der Waals surface area (Å²) in [4.78, 5) is 11.7. The van der Waals surface area contributed by atoms with Crippen LogP contribution < -0.4 is 10.6 Å². The van der Waals surface area contributed by atoms with Gasteiger partial charge in [-0.2, -0.15) is 0 Å². The number of fused-ring (bicyclic) bond motifs is 1. The van der Waals surface area contributed by atoms with E-state index in [1.165, 1.54) is 0 Å². The average Bonchev–Trinajstić information content (AvgIpc) is 2.64. The van der Waals surface area contributed by atoms with Crippen LogP contribution >= 0.6 is 0 Å². The third-order valence-corrected chi connectivity index (χ3v) is 5.60. The average molecular weight is 290 g/mol. The molecule has 19 heavy (non-hydrogen) atoms. The minimum atomic E-state index is -2.98. The van der Waals surface area contributed by atoms with E-state index in [-0.39, 0.29) is 22.8 Å². The van der Waals surface area contributed by atoms with Gasteiger partial charge >= 0.3 is 6.09 Å². The Labute approximate surface area is 114 Å². The van der Waals surface area contributed by atoms with E-state index in [0.29, 0.717) is 19.6 Å². The van der Waals surface area contributed by atoms with Crippen LogP contribution in [0, 0.1) is 11.3 Å². The summed E-state index contributed by atoms with van der Waals surface area (Å²) in [5, 5.41) is 5.93. The number of rotatable bonds is 2. The Hall–Kier alpha value is -0.820. The van der Waals surface area contributed by atoms with Crippen molar-refractivity contribution in [1.29, 1.82) is 0 Å². The molecule has 2 heterocycles. The smallest absolute Gasteiger partial charge is 0.407 e. The van der Waals surface area contributed by atoms with Crippen LogP contribution in [-0.4, -0.2) is 51.3 Å². The van der Waals surface area contributed by atoms with E-state index in [4.69, 9.17) is 4.74 Å². The third-order valence-electron chi connectivity index (χ3n) is 3.68. The van der Waals surface area contributed by atoms with Crippen LogP contribution in [0.15, 0.2) is 0 Å². The minimum Gasteiger partial charge on any atom is -0.444 e. The lowest BCUT2D eigenvalue weighted by Gasteiger charge is -2.28. The van der Waals surface area contributed by atoms with Gasteiger partial charge in [-0.3, -0.25) is 0 Å². The fraction of sp³-hybridized carbons (Fsp3) is 0.917. The number of hydrogen-bond acceptors (Lipinski definition) is 5. The maximum atomic E-state index is 11.8. The van der Waals surface area contributed by atoms with Crippen LogP contribution in [0.1, 0.15) is 20.8 Å². The highest BCUT2D eigenvalue weighted by atomic mass is 32.2. The molecule has 0 radical (unpaired) electrons. The fourth-order valence-corrected chi connectivity index (χ4v) is 5.40. The van der Waals surface area contributed by atoms with Crippen molar-refractivity contribution in [3.8, 4) is 0 Å². The molecule has 2 N–H and O–H groups in total. The maximum absolute atomic E-state index is 11.8. The lowest BCUT2D eigenvalue weighted by Crippen LogP contribution is -2.44. The van der Waals surface area contributed by atoms with Crippen molar-refractivity contribution < 1.29 is 17.9 Å². The molecule has 0 aromatic rings. The van der Waals surface area contributed by atoms with Gasteiger partial charge in [0.1, 0.15) is 5.60 Å². The van der Waals surface area contributed by atoms with Gasteiger partial charge in [0.2, 0.25) is 0 Å². The Kier molecular flexibility index (Phi) is 3.55. The van der Waals surface area contributed by atoms with Gasteiger partial charge in [-0.05, 0) is 33.2 Å². The van der Waals surface area contributed by atoms with E-state index in [1.807, 2.05) is 0 Å². The first-order chi connectivity index (χ1) is 8.62. The van der Waals surface area contributed by atoms with Crippen molar-refractivity contribution in [2.45, 2.75) is 26.4 Å². The largest absolute Gasteiger partial charge is 0.444 e. The predicted octanol–water partition coefficient (Wildman–Crippen LogP) is 0.145. The van der Waals surface area contributed by atoms with Crippen molar-refractivity contribution in [3.63, 3.8) is 0 Å². The zero-order valence-electron chi connectivity index (χ0n) is 11.7. The van der Waals surface area contributed by atoms with Gasteiger partial charge in [0.15, 0.2) is 9.84 Å². The third kappa shape index (κ3) is 3.39. The zero-order chi connectivity index (χ0) is 14.3. The first-order valence-electron chi connectivity index (χ1n) is 6.50. The molecule has 2 rings (SSSR count). The Morgan fingerprint density at radius 3 is 2.79 bits per heavy atom. The predicted molar refractivity (Wildman–Crippen MR) is 71.7 cm³/mol. The molecule has 6 nitrogen and oxygen atoms in total. The molecule has 0 saturated carbocycles. The van der Waals surface area contributed by atoms with E-state index < -0.39 is 21.5 Å². The number of carbonyl (C=O) groups excluding carboxylic acids is 1. The molecule has 0 aromatic heterocycles. The second-order valence-electron chi connectivity index (χ2n) is 6.60. The van der Waals surface area contributed by atoms with Crippen molar-refractivity contribution in [1.82, 2.24) is 10.6 Å². The first-order valence-corrected chi connectivity index (χ1v) is 8.32. The van der Waals surface area contributed by atoms with Crippen LogP contribution in [0.3, 0.4) is 0 Å². The highest BCUT2D eigenvalue weighted by molar-refractivity contribution is 7.91. The molecule has 7 heteroatoms. The number of carbonyl (C=O) groups is 1. The van der Waals surface area contributed by atoms with Crippen LogP contribution in [0.25, 0.3) is 0 Å². The van der Waals surface area contributed by atoms with Crippen molar-refractivity contribution >= 4 is 15.9 Å². The molecule has 0 aromatic carbocycles. The second-order valence-corrected chi connectivity index (χ2v) is 8.71. The van der Waals surface area contributed by atoms with E-state index >= 15 is 0 Å². The Bertz CT molecular complexity index is 469. The molecule has 2 saturated heterocycles. The van der Waals surface area contributed by atoms with E-state index in [2.05, 4.69) is 10.6 Å². The van der Waals surface area contributed by atoms with E-state index in [0.717, 1.165) is 0 Å². The van der Waals surface area contributed by atoms with Crippen LogP contribution in [-0.2, 0) is 14.6 Å². The van der Waals surface area contributed by atoms with E-state index in [1.54, 1.807) is 20.8 Å². The van der Waals surface area contributed by atoms with Gasteiger partial charge in [0.25, 0.3) is 0 Å². The van der Waals surface area contributed by atoms with Crippen molar-refractivity contribution in [2.75, 3.05) is 31.1 Å². The summed E-state index contributed by atoms with van der Waals surface area (Å²) < 4.78 is 28.7. The molecule has 2 atom stereocenters. The highest BCUT2D eigenvalue weighted by Crippen LogP contribution is 2.39. The molecular weight excluding hydrogens is 268 g/mol. The number of ether oxygens (including phenoxy) is 1. The summed E-state index contributed by atoms with van der Waals surface area (Å²) in [6.45, 7) is 7.07. The lowest BCUT2D eigenvalue weighted by atomic mass is 9.81. The molecule has 2 fully saturated rings. The number of amides is 1. The summed E-state index contributed by atoms with van der Waals surface area (Å²) >= 11 is 0. The molecule has 2 aliphatic rings. The molecule has 0 spiro atoms. The topological polar surface area (TPSA) is 84.5 Å². The van der Waals surface area contributed by atoms with Gasteiger partial charge < -0.3 is 15.4 Å². The van der Waals surface area contributed by atoms with Gasteiger partial charge in [-0.15, -0.1) is 0 Å². The quantitative estimate of drug-likeness (QED) is 0.756. The normalized spacial score (nSPS) is 32.9. The number of alkyl carbamates (subject to hydrolysis) is 1. The number of sulfone groups is 1. The monoisotopic (exact) mass is 290 g/mol. The van der Waals surface area contributed by atoms with Crippen molar-refractivity contribution in [3.05, 3.63) is 0 Å². The lowest BCUT2D eigenvalue weighted by molar-refractivity contribution is 0.0502.